The molecule has 0 aliphatic carbocycles. The Morgan fingerprint density at radius 3 is 2.38 bits per heavy atom. The molecule has 0 aromatic heterocycles. The van der Waals surface area contributed by atoms with Crippen molar-refractivity contribution in [1.29, 1.82) is 0 Å². The molecule has 10 nitrogen and oxygen atoms in total. The second-order valence-electron chi connectivity index (χ2n) is 9.21. The maximum Gasteiger partial charge on any atom is 0.326 e. The van der Waals surface area contributed by atoms with Crippen LogP contribution in [0.2, 0.25) is 0 Å². The van der Waals surface area contributed by atoms with Gasteiger partial charge in [-0.15, -0.1) is 0 Å². The summed E-state index contributed by atoms with van der Waals surface area (Å²) in [5.74, 6) is -4.11. The van der Waals surface area contributed by atoms with Crippen molar-refractivity contribution in [2.24, 2.45) is 23.7 Å². The van der Waals surface area contributed by atoms with Gasteiger partial charge in [0.05, 0.1) is 44.9 Å². The van der Waals surface area contributed by atoms with Gasteiger partial charge in [0.2, 0.25) is 0 Å². The number of amides is 1. The van der Waals surface area contributed by atoms with Crippen molar-refractivity contribution in [2.75, 3.05) is 45.9 Å². The summed E-state index contributed by atoms with van der Waals surface area (Å²) in [5.41, 5.74) is 0.254. The molecule has 0 saturated carbocycles. The Bertz CT molecular complexity index is 1060. The SMILES string of the molecule is CCOC(=O)CN1C(=O)[C@@]2(c3ccccc31)C1C(CN2C)[C@@H]2O[C@@H]1C(C(=O)OC)C2C(=O)OC. The molecule has 4 aliphatic heterocycles. The van der Waals surface area contributed by atoms with Crippen molar-refractivity contribution in [2.45, 2.75) is 24.7 Å². The van der Waals surface area contributed by atoms with Crippen LogP contribution in [0.1, 0.15) is 12.5 Å². The fourth-order valence-electron chi connectivity index (χ4n) is 6.84. The number of hydrogen-bond acceptors (Lipinski definition) is 9. The summed E-state index contributed by atoms with van der Waals surface area (Å²) >= 11 is 0. The van der Waals surface area contributed by atoms with Gasteiger partial charge >= 0.3 is 17.9 Å². The molecule has 1 aromatic rings. The van der Waals surface area contributed by atoms with E-state index in [1.54, 1.807) is 6.92 Å². The molecular weight excluding hydrogens is 444 g/mol. The molecule has 4 heterocycles. The number of hydrogen-bond donors (Lipinski definition) is 0. The van der Waals surface area contributed by atoms with Crippen LogP contribution in [0, 0.1) is 23.7 Å². The highest BCUT2D eigenvalue weighted by atomic mass is 16.6. The van der Waals surface area contributed by atoms with Gasteiger partial charge in [-0.05, 0) is 20.0 Å². The first kappa shape index (κ1) is 22.8. The molecule has 5 rings (SSSR count). The van der Waals surface area contributed by atoms with E-state index in [2.05, 4.69) is 0 Å². The van der Waals surface area contributed by atoms with Gasteiger partial charge in [0.25, 0.3) is 5.91 Å². The van der Waals surface area contributed by atoms with Crippen LogP contribution in [-0.4, -0.2) is 81.9 Å². The molecule has 0 N–H and O–H groups in total. The zero-order valence-corrected chi connectivity index (χ0v) is 19.6. The van der Waals surface area contributed by atoms with Gasteiger partial charge in [0.15, 0.2) is 0 Å². The zero-order chi connectivity index (χ0) is 24.4. The average molecular weight is 472 g/mol. The largest absolute Gasteiger partial charge is 0.469 e. The van der Waals surface area contributed by atoms with Crippen molar-refractivity contribution in [3.8, 4) is 0 Å². The second kappa shape index (κ2) is 8.06. The molecule has 34 heavy (non-hydrogen) atoms. The number of benzene rings is 1. The van der Waals surface area contributed by atoms with Gasteiger partial charge in [-0.1, -0.05) is 18.2 Å². The first-order valence-corrected chi connectivity index (χ1v) is 11.4. The summed E-state index contributed by atoms with van der Waals surface area (Å²) in [6.45, 7) is 2.20. The lowest BCUT2D eigenvalue weighted by molar-refractivity contribution is -0.160. The third-order valence-electron chi connectivity index (χ3n) is 7.93. The molecular formula is C24H28N2O8. The number of methoxy groups -OCH3 is 2. The van der Waals surface area contributed by atoms with Gasteiger partial charge in [0, 0.05) is 29.6 Å². The van der Waals surface area contributed by atoms with E-state index in [9.17, 15) is 19.2 Å². The number of carbonyl (C=O) groups excluding carboxylic acids is 4. The number of ether oxygens (including phenoxy) is 4. The molecule has 182 valence electrons. The molecule has 4 unspecified atom stereocenters. The summed E-state index contributed by atoms with van der Waals surface area (Å²) in [4.78, 5) is 55.5. The van der Waals surface area contributed by atoms with Crippen LogP contribution >= 0.6 is 0 Å². The van der Waals surface area contributed by atoms with E-state index in [0.29, 0.717) is 12.2 Å². The van der Waals surface area contributed by atoms with E-state index in [-0.39, 0.29) is 25.0 Å². The number of likely N-dealkylation sites (tertiary alicyclic amines) is 1. The van der Waals surface area contributed by atoms with Crippen LogP contribution in [0.3, 0.4) is 0 Å². The van der Waals surface area contributed by atoms with Gasteiger partial charge < -0.3 is 18.9 Å². The van der Waals surface area contributed by atoms with Gasteiger partial charge in [-0.25, -0.2) is 0 Å². The Morgan fingerprint density at radius 2 is 1.74 bits per heavy atom. The quantitative estimate of drug-likeness (QED) is 0.442. The van der Waals surface area contributed by atoms with Crippen LogP contribution in [0.5, 0.6) is 0 Å². The van der Waals surface area contributed by atoms with E-state index >= 15 is 0 Å². The highest BCUT2D eigenvalue weighted by molar-refractivity contribution is 6.10. The highest BCUT2D eigenvalue weighted by Crippen LogP contribution is 2.64. The van der Waals surface area contributed by atoms with Gasteiger partial charge in [0.1, 0.15) is 12.1 Å². The van der Waals surface area contributed by atoms with Crippen LogP contribution in [0.4, 0.5) is 5.69 Å². The molecule has 0 radical (unpaired) electrons. The number of carbonyl (C=O) groups is 4. The van der Waals surface area contributed by atoms with Crippen LogP contribution in [0.15, 0.2) is 24.3 Å². The molecule has 3 saturated heterocycles. The van der Waals surface area contributed by atoms with Crippen LogP contribution in [0.25, 0.3) is 0 Å². The third kappa shape index (κ3) is 2.75. The predicted molar refractivity (Wildman–Crippen MR) is 116 cm³/mol. The lowest BCUT2D eigenvalue weighted by Gasteiger charge is -2.40. The van der Waals surface area contributed by atoms with E-state index in [0.717, 1.165) is 5.56 Å². The molecule has 1 spiro atoms. The van der Waals surface area contributed by atoms with Crippen molar-refractivity contribution in [1.82, 2.24) is 4.90 Å². The number of fused-ring (bicyclic) bond motifs is 8. The maximum absolute atomic E-state index is 14.2. The number of para-hydroxylation sites is 1. The lowest BCUT2D eigenvalue weighted by Crippen LogP contribution is -2.57. The fourth-order valence-corrected chi connectivity index (χ4v) is 6.84. The number of nitrogens with zero attached hydrogens (tertiary/aromatic N) is 2. The number of likely N-dealkylation sites (N-methyl/N-ethyl adjacent to an activating group) is 1. The molecule has 2 bridgehead atoms. The fraction of sp³-hybridized carbons (Fsp3) is 0.583. The van der Waals surface area contributed by atoms with Crippen molar-refractivity contribution < 1.29 is 38.1 Å². The number of esters is 3. The molecule has 3 fully saturated rings. The Morgan fingerprint density at radius 1 is 1.09 bits per heavy atom. The summed E-state index contributed by atoms with van der Waals surface area (Å²) < 4.78 is 21.4. The Balaban J connectivity index is 1.61. The molecule has 4 aliphatic rings. The Hall–Kier alpha value is -2.98. The van der Waals surface area contributed by atoms with E-state index < -0.39 is 53.4 Å². The van der Waals surface area contributed by atoms with Gasteiger partial charge in [-0.2, -0.15) is 0 Å². The topological polar surface area (TPSA) is 112 Å². The zero-order valence-electron chi connectivity index (χ0n) is 19.6. The van der Waals surface area contributed by atoms with E-state index in [1.807, 2.05) is 36.2 Å². The normalized spacial score (nSPS) is 35.4. The lowest BCUT2D eigenvalue weighted by atomic mass is 9.62. The Kier molecular flexibility index (Phi) is 5.40. The monoisotopic (exact) mass is 472 g/mol. The van der Waals surface area contributed by atoms with Gasteiger partial charge in [-0.3, -0.25) is 29.0 Å². The van der Waals surface area contributed by atoms with Crippen LogP contribution in [-0.2, 0) is 43.7 Å². The van der Waals surface area contributed by atoms with Crippen LogP contribution < -0.4 is 4.90 Å². The third-order valence-corrected chi connectivity index (χ3v) is 7.93. The summed E-state index contributed by atoms with van der Waals surface area (Å²) in [7, 11) is 4.42. The maximum atomic E-state index is 14.2. The predicted octanol–water partition coefficient (Wildman–Crippen LogP) is 0.329. The summed E-state index contributed by atoms with van der Waals surface area (Å²) in [6.07, 6.45) is -1.29. The smallest absolute Gasteiger partial charge is 0.326 e. The first-order chi connectivity index (χ1) is 16.3. The minimum absolute atomic E-state index is 0.181. The van der Waals surface area contributed by atoms with Crippen molar-refractivity contribution in [3.05, 3.63) is 29.8 Å². The highest BCUT2D eigenvalue weighted by Gasteiger charge is 2.76. The number of rotatable bonds is 5. The standard InChI is InChI=1S/C24H28N2O8/c1-5-33-15(27)11-26-14-9-7-6-8-13(14)24(23(26)30)18-12(10-25(24)2)19-16(21(28)31-3)17(20(18)34-19)22(29)32-4/h6-9,12,16-20H,5,10-11H2,1-4H3/t12?,16?,17?,18?,19-,20+,24+/m0/s1. The summed E-state index contributed by atoms with van der Waals surface area (Å²) in [5, 5.41) is 0. The van der Waals surface area contributed by atoms with Crippen molar-refractivity contribution >= 4 is 29.5 Å². The minimum Gasteiger partial charge on any atom is -0.469 e. The number of anilines is 1. The second-order valence-corrected chi connectivity index (χ2v) is 9.21. The molecule has 7 atom stereocenters. The average Bonchev–Trinajstić information content (AvgIpc) is 3.53. The first-order valence-electron chi connectivity index (χ1n) is 11.4. The molecule has 1 aromatic carbocycles. The molecule has 1 amide bonds. The minimum atomic E-state index is -1.14. The van der Waals surface area contributed by atoms with E-state index in [4.69, 9.17) is 18.9 Å². The van der Waals surface area contributed by atoms with E-state index in [1.165, 1.54) is 19.1 Å². The molecule has 10 heteroatoms. The summed E-state index contributed by atoms with van der Waals surface area (Å²) in [6, 6.07) is 7.36. The Labute approximate surface area is 197 Å². The van der Waals surface area contributed by atoms with Crippen molar-refractivity contribution in [3.63, 3.8) is 0 Å².